The zero-order chi connectivity index (χ0) is 45.5. The molecule has 0 aliphatic carbocycles. The quantitative estimate of drug-likeness (QED) is 0.0370. The summed E-state index contributed by atoms with van der Waals surface area (Å²) in [5.41, 5.74) is 4.40. The lowest BCUT2D eigenvalue weighted by Crippen LogP contribution is -2.53. The van der Waals surface area contributed by atoms with Gasteiger partial charge in [0.15, 0.2) is 6.54 Å². The number of rotatable bonds is 28. The zero-order valence-corrected chi connectivity index (χ0v) is 42.2. The van der Waals surface area contributed by atoms with Crippen molar-refractivity contribution < 1.29 is 32.5 Å². The van der Waals surface area contributed by atoms with Gasteiger partial charge >= 0.3 is 12.1 Å². The molecule has 0 aromatic heterocycles. The highest BCUT2D eigenvalue weighted by Crippen LogP contribution is 2.30. The number of carbonyl (C=O) groups excluding carboxylic acids is 2. The van der Waals surface area contributed by atoms with E-state index in [1.165, 1.54) is 90.0 Å². The van der Waals surface area contributed by atoms with Gasteiger partial charge in [-0.2, -0.15) is 4.79 Å². The van der Waals surface area contributed by atoms with Crippen molar-refractivity contribution in [3.05, 3.63) is 58.7 Å². The van der Waals surface area contributed by atoms with Crippen molar-refractivity contribution >= 4 is 12.1 Å². The van der Waals surface area contributed by atoms with Crippen molar-refractivity contribution in [3.63, 3.8) is 0 Å². The molecule has 0 aliphatic rings. The van der Waals surface area contributed by atoms with E-state index in [0.29, 0.717) is 34.7 Å². The summed E-state index contributed by atoms with van der Waals surface area (Å²) < 4.78 is 13.9. The number of esters is 1. The third-order valence-electron chi connectivity index (χ3n) is 13.1. The van der Waals surface area contributed by atoms with Gasteiger partial charge in [0, 0.05) is 0 Å². The van der Waals surface area contributed by atoms with Crippen molar-refractivity contribution in [3.8, 4) is 11.5 Å². The van der Waals surface area contributed by atoms with Crippen LogP contribution >= 0.6 is 0 Å². The molecule has 0 radical (unpaired) electrons. The standard InChI is InChI=1S/C51H90N3O4.C2H6.CH4/c1-40(2)46-33-31-42(5)37-48(46)57-50(55)39-52(9,10)35-27-23-19-15-17-21-25-29-44(7)53(11,12)36-28-24-20-16-18-22-26-30-45(8)54(13,14)51(56)58-49-38-43(6)32-34-47(49)41(3)4;1-2;/h31-34,37-38,40-41,44-45H,15-30,35-36,39H2,1-14H3;1-2H3;1H4/q+3;;/t44?,45-;;/m1../s1. The maximum atomic E-state index is 13.3. The Morgan fingerprint density at radius 1 is 0.525 bits per heavy atom. The van der Waals surface area contributed by atoms with E-state index in [1.807, 2.05) is 53.9 Å². The van der Waals surface area contributed by atoms with Gasteiger partial charge in [-0.1, -0.05) is 125 Å². The van der Waals surface area contributed by atoms with Gasteiger partial charge in [-0.25, -0.2) is 9.28 Å². The number of unbranched alkanes of at least 4 members (excludes halogenated alkanes) is 12. The van der Waals surface area contributed by atoms with Crippen molar-refractivity contribution in [2.75, 3.05) is 61.9 Å². The molecule has 2 aromatic rings. The SMILES string of the molecule is C.CC.Cc1ccc(C(C)C)c(OC(=O)C[N+](C)(C)CCCCCCCCCC(C)[N+](C)(C)CCCCCCCCC[C@@H](C)[N+](C)(C)C(=O)Oc2cc(C)ccc2C(C)C)c1. The first-order valence-corrected chi connectivity index (χ1v) is 24.3. The van der Waals surface area contributed by atoms with Gasteiger partial charge in [0.25, 0.3) is 0 Å². The van der Waals surface area contributed by atoms with E-state index in [4.69, 9.17) is 9.47 Å². The number of likely N-dealkylation sites (N-methyl/N-ethyl adjacent to an activating group) is 1. The molecule has 352 valence electrons. The molecule has 61 heavy (non-hydrogen) atoms. The lowest BCUT2D eigenvalue weighted by atomic mass is 10.0. The number of quaternary nitrogens is 3. The molecule has 0 saturated carbocycles. The predicted molar refractivity (Wildman–Crippen MR) is 264 cm³/mol. The monoisotopic (exact) mass is 855 g/mol. The molecule has 7 nitrogen and oxygen atoms in total. The van der Waals surface area contributed by atoms with Crippen LogP contribution in [0.5, 0.6) is 11.5 Å². The minimum atomic E-state index is -0.175. The fraction of sp³-hybridized carbons (Fsp3) is 0.741. The number of aryl methyl sites for hydroxylation is 2. The summed E-state index contributed by atoms with van der Waals surface area (Å²) >= 11 is 0. The largest absolute Gasteiger partial charge is 0.521 e. The van der Waals surface area contributed by atoms with E-state index in [0.717, 1.165) is 58.3 Å². The second-order valence-electron chi connectivity index (χ2n) is 20.3. The van der Waals surface area contributed by atoms with Crippen LogP contribution in [-0.2, 0) is 4.79 Å². The Morgan fingerprint density at radius 2 is 0.902 bits per heavy atom. The molecule has 1 amide bonds. The van der Waals surface area contributed by atoms with Gasteiger partial charge in [0.05, 0.1) is 67.5 Å². The van der Waals surface area contributed by atoms with Gasteiger partial charge < -0.3 is 18.4 Å². The second kappa shape index (κ2) is 29.6. The second-order valence-corrected chi connectivity index (χ2v) is 20.3. The highest BCUT2D eigenvalue weighted by Gasteiger charge is 2.35. The van der Waals surface area contributed by atoms with Crippen LogP contribution in [-0.4, -0.2) is 99.5 Å². The highest BCUT2D eigenvalue weighted by atomic mass is 16.6. The van der Waals surface area contributed by atoms with Crippen LogP contribution in [0.25, 0.3) is 0 Å². The summed E-state index contributed by atoms with van der Waals surface area (Å²) in [6, 6.07) is 13.2. The molecule has 0 aliphatic heterocycles. The predicted octanol–water partition coefficient (Wildman–Crippen LogP) is 14.6. The molecule has 2 aromatic carbocycles. The molecule has 0 N–H and O–H groups in total. The molecule has 2 rings (SSSR count). The van der Waals surface area contributed by atoms with Gasteiger partial charge in [-0.05, 0) is 125 Å². The molecular formula is C54H100N3O4+3. The molecule has 0 saturated heterocycles. The smallest absolute Gasteiger partial charge is 0.422 e. The number of carbonyl (C=O) groups is 2. The lowest BCUT2D eigenvalue weighted by Gasteiger charge is -2.36. The Morgan fingerprint density at radius 3 is 1.34 bits per heavy atom. The van der Waals surface area contributed by atoms with Crippen LogP contribution in [0.3, 0.4) is 0 Å². The number of benzene rings is 2. The Hall–Kier alpha value is -2.74. The van der Waals surface area contributed by atoms with Crippen molar-refractivity contribution in [1.29, 1.82) is 0 Å². The van der Waals surface area contributed by atoms with E-state index in [-0.39, 0.29) is 30.0 Å². The Labute approximate surface area is 378 Å². The Kier molecular flexibility index (Phi) is 28.3. The van der Waals surface area contributed by atoms with E-state index in [9.17, 15) is 9.59 Å². The van der Waals surface area contributed by atoms with E-state index in [2.05, 4.69) is 94.0 Å². The molecule has 0 bridgehead atoms. The third-order valence-corrected chi connectivity index (χ3v) is 13.1. The maximum absolute atomic E-state index is 13.3. The number of amides is 1. The van der Waals surface area contributed by atoms with Gasteiger partial charge in [0.1, 0.15) is 11.5 Å². The van der Waals surface area contributed by atoms with Crippen molar-refractivity contribution in [2.24, 2.45) is 0 Å². The minimum absolute atomic E-state index is 0. The van der Waals surface area contributed by atoms with Crippen molar-refractivity contribution in [1.82, 2.24) is 0 Å². The molecule has 0 spiro atoms. The summed E-state index contributed by atoms with van der Waals surface area (Å²) in [5, 5.41) is 0. The van der Waals surface area contributed by atoms with Crippen LogP contribution in [0.2, 0.25) is 0 Å². The summed E-state index contributed by atoms with van der Waals surface area (Å²) in [6.45, 7) is 23.9. The Bertz CT molecular complexity index is 1510. The molecular weight excluding hydrogens is 755 g/mol. The zero-order valence-electron chi connectivity index (χ0n) is 42.2. The van der Waals surface area contributed by atoms with E-state index in [1.54, 1.807) is 0 Å². The number of ether oxygens (including phenoxy) is 2. The van der Waals surface area contributed by atoms with Crippen LogP contribution in [0.15, 0.2) is 36.4 Å². The summed E-state index contributed by atoms with van der Waals surface area (Å²) in [5.74, 6) is 1.91. The molecule has 1 unspecified atom stereocenters. The van der Waals surface area contributed by atoms with E-state index < -0.39 is 0 Å². The van der Waals surface area contributed by atoms with Crippen LogP contribution in [0.4, 0.5) is 4.79 Å². The minimum Gasteiger partial charge on any atom is -0.422 e. The first-order chi connectivity index (χ1) is 28.2. The van der Waals surface area contributed by atoms with Crippen LogP contribution in [0, 0.1) is 13.8 Å². The first kappa shape index (κ1) is 58.3. The van der Waals surface area contributed by atoms with Crippen molar-refractivity contribution in [2.45, 2.75) is 203 Å². The summed E-state index contributed by atoms with van der Waals surface area (Å²) in [4.78, 5) is 26.1. The van der Waals surface area contributed by atoms with Gasteiger partial charge in [0.2, 0.25) is 0 Å². The molecule has 0 heterocycles. The lowest BCUT2D eigenvalue weighted by molar-refractivity contribution is -0.913. The fourth-order valence-electron chi connectivity index (χ4n) is 7.99. The molecule has 0 fully saturated rings. The summed E-state index contributed by atoms with van der Waals surface area (Å²) in [6.07, 6.45) is 20.1. The number of hydrogen-bond acceptors (Lipinski definition) is 4. The highest BCUT2D eigenvalue weighted by molar-refractivity contribution is 5.74. The summed E-state index contributed by atoms with van der Waals surface area (Å²) in [7, 11) is 13.1. The van der Waals surface area contributed by atoms with Gasteiger partial charge in [-0.3, -0.25) is 0 Å². The fourth-order valence-corrected chi connectivity index (χ4v) is 7.99. The number of nitrogens with zero attached hydrogens (tertiary/aromatic N) is 3. The average Bonchev–Trinajstić information content (AvgIpc) is 3.16. The van der Waals surface area contributed by atoms with Crippen LogP contribution in [0.1, 0.15) is 200 Å². The third kappa shape index (κ3) is 22.4. The Balaban J connectivity index is 0.0000118. The average molecular weight is 855 g/mol. The first-order valence-electron chi connectivity index (χ1n) is 24.3. The molecule has 7 heteroatoms. The number of hydrogen-bond donors (Lipinski definition) is 0. The van der Waals surface area contributed by atoms with E-state index >= 15 is 0 Å². The normalized spacial score (nSPS) is 13.0. The van der Waals surface area contributed by atoms with Crippen LogP contribution < -0.4 is 9.47 Å². The maximum Gasteiger partial charge on any atom is 0.521 e. The topological polar surface area (TPSA) is 52.6 Å². The molecule has 2 atom stereocenters. The van der Waals surface area contributed by atoms with Gasteiger partial charge in [-0.15, -0.1) is 0 Å².